The molecule has 0 spiro atoms. The molecule has 0 saturated heterocycles. The van der Waals surface area contributed by atoms with Crippen LogP contribution < -0.4 is 4.31 Å². The number of rotatable bonds is 5. The van der Waals surface area contributed by atoms with Crippen molar-refractivity contribution in [3.63, 3.8) is 0 Å². The van der Waals surface area contributed by atoms with E-state index in [1.807, 2.05) is 6.92 Å². The van der Waals surface area contributed by atoms with Crippen LogP contribution in [-0.2, 0) is 16.6 Å². The quantitative estimate of drug-likeness (QED) is 0.652. The van der Waals surface area contributed by atoms with Crippen molar-refractivity contribution < 1.29 is 17.2 Å². The van der Waals surface area contributed by atoms with Crippen molar-refractivity contribution >= 4 is 15.7 Å². The molecular weight excluding hydrogens is 356 g/mol. The topological polar surface area (TPSA) is 37.4 Å². The van der Waals surface area contributed by atoms with E-state index >= 15 is 0 Å². The second-order valence-electron chi connectivity index (χ2n) is 5.90. The van der Waals surface area contributed by atoms with Gasteiger partial charge in [0.2, 0.25) is 0 Å². The van der Waals surface area contributed by atoms with Crippen LogP contribution in [0.2, 0.25) is 0 Å². The highest BCUT2D eigenvalue weighted by Gasteiger charge is 2.26. The molecule has 0 aliphatic rings. The molecule has 26 heavy (non-hydrogen) atoms. The zero-order chi connectivity index (χ0) is 18.7. The van der Waals surface area contributed by atoms with Crippen LogP contribution in [0.15, 0.2) is 77.7 Å². The zero-order valence-electron chi connectivity index (χ0n) is 14.1. The van der Waals surface area contributed by atoms with E-state index in [4.69, 9.17) is 0 Å². The highest BCUT2D eigenvalue weighted by atomic mass is 32.2. The molecule has 0 aliphatic heterocycles. The molecule has 3 nitrogen and oxygen atoms in total. The van der Waals surface area contributed by atoms with E-state index in [9.17, 15) is 17.2 Å². The number of anilines is 1. The highest BCUT2D eigenvalue weighted by molar-refractivity contribution is 7.92. The molecule has 0 fully saturated rings. The lowest BCUT2D eigenvalue weighted by Gasteiger charge is -2.25. The van der Waals surface area contributed by atoms with Crippen molar-refractivity contribution in [2.24, 2.45) is 0 Å². The molecule has 0 N–H and O–H groups in total. The van der Waals surface area contributed by atoms with Crippen LogP contribution in [0, 0.1) is 18.6 Å². The minimum atomic E-state index is -4.00. The van der Waals surface area contributed by atoms with Crippen LogP contribution in [0.4, 0.5) is 14.5 Å². The van der Waals surface area contributed by atoms with E-state index < -0.39 is 21.7 Å². The SMILES string of the molecule is Cc1ccc(S(=O)(=O)N(Cc2ccccc2F)c2cccc(F)c2)cc1. The Hall–Kier alpha value is -2.73. The van der Waals surface area contributed by atoms with Crippen LogP contribution in [0.25, 0.3) is 0 Å². The maximum atomic E-state index is 14.1. The summed E-state index contributed by atoms with van der Waals surface area (Å²) in [6, 6.07) is 17.5. The van der Waals surface area contributed by atoms with Crippen molar-refractivity contribution in [1.29, 1.82) is 0 Å². The summed E-state index contributed by atoms with van der Waals surface area (Å²) < 4.78 is 55.1. The molecule has 6 heteroatoms. The van der Waals surface area contributed by atoms with Crippen molar-refractivity contribution in [3.05, 3.63) is 95.6 Å². The first-order chi connectivity index (χ1) is 12.4. The standard InChI is InChI=1S/C20H17F2NO2S/c1-15-9-11-19(12-10-15)26(24,25)23(18-7-4-6-17(21)13-18)14-16-5-2-3-8-20(16)22/h2-13H,14H2,1H3. The smallest absolute Gasteiger partial charge is 0.262 e. The number of hydrogen-bond donors (Lipinski definition) is 0. The van der Waals surface area contributed by atoms with E-state index in [-0.39, 0.29) is 22.7 Å². The number of nitrogens with zero attached hydrogens (tertiary/aromatic N) is 1. The molecule has 0 bridgehead atoms. The van der Waals surface area contributed by atoms with Crippen molar-refractivity contribution in [2.45, 2.75) is 18.4 Å². The number of sulfonamides is 1. The lowest BCUT2D eigenvalue weighted by atomic mass is 10.2. The Morgan fingerprint density at radius 2 is 1.58 bits per heavy atom. The second kappa shape index (κ2) is 7.25. The van der Waals surface area contributed by atoms with E-state index in [0.29, 0.717) is 0 Å². The van der Waals surface area contributed by atoms with Gasteiger partial charge in [-0.2, -0.15) is 0 Å². The molecule has 0 aliphatic carbocycles. The summed E-state index contributed by atoms with van der Waals surface area (Å²) in [6.45, 7) is 1.60. The lowest BCUT2D eigenvalue weighted by molar-refractivity contribution is 0.584. The van der Waals surface area contributed by atoms with Gasteiger partial charge in [-0.1, -0.05) is 42.0 Å². The maximum Gasteiger partial charge on any atom is 0.264 e. The van der Waals surface area contributed by atoms with Crippen LogP contribution in [0.5, 0.6) is 0 Å². The number of hydrogen-bond acceptors (Lipinski definition) is 2. The van der Waals surface area contributed by atoms with Crippen molar-refractivity contribution in [2.75, 3.05) is 4.31 Å². The van der Waals surface area contributed by atoms with Gasteiger partial charge in [0.25, 0.3) is 10.0 Å². The molecule has 3 aromatic rings. The van der Waals surface area contributed by atoms with E-state index in [1.54, 1.807) is 18.2 Å². The summed E-state index contributed by atoms with van der Waals surface area (Å²) in [5, 5.41) is 0. The minimum Gasteiger partial charge on any atom is -0.262 e. The molecule has 0 amide bonds. The predicted molar refractivity (Wildman–Crippen MR) is 97.3 cm³/mol. The van der Waals surface area contributed by atoms with Crippen LogP contribution in [0.3, 0.4) is 0 Å². The molecule has 3 rings (SSSR count). The van der Waals surface area contributed by atoms with Gasteiger partial charge in [0.1, 0.15) is 11.6 Å². The van der Waals surface area contributed by atoms with Gasteiger partial charge in [0, 0.05) is 5.56 Å². The summed E-state index contributed by atoms with van der Waals surface area (Å²) in [5.41, 5.74) is 1.25. The summed E-state index contributed by atoms with van der Waals surface area (Å²) in [4.78, 5) is 0.0590. The Kier molecular flexibility index (Phi) is 5.04. The lowest BCUT2D eigenvalue weighted by Crippen LogP contribution is -2.31. The normalized spacial score (nSPS) is 11.3. The average molecular weight is 373 g/mol. The monoisotopic (exact) mass is 373 g/mol. The van der Waals surface area contributed by atoms with E-state index in [2.05, 4.69) is 0 Å². The Morgan fingerprint density at radius 1 is 0.885 bits per heavy atom. The Morgan fingerprint density at radius 3 is 2.23 bits per heavy atom. The highest BCUT2D eigenvalue weighted by Crippen LogP contribution is 2.27. The first-order valence-electron chi connectivity index (χ1n) is 7.96. The van der Waals surface area contributed by atoms with Gasteiger partial charge < -0.3 is 0 Å². The largest absolute Gasteiger partial charge is 0.264 e. The summed E-state index contributed by atoms with van der Waals surface area (Å²) in [7, 11) is -4.00. The zero-order valence-corrected chi connectivity index (χ0v) is 14.9. The molecule has 0 radical (unpaired) electrons. The molecule has 0 saturated carbocycles. The first-order valence-corrected chi connectivity index (χ1v) is 9.40. The minimum absolute atomic E-state index is 0.0590. The molecule has 134 valence electrons. The molecule has 0 atom stereocenters. The molecular formula is C20H17F2NO2S. The summed E-state index contributed by atoms with van der Waals surface area (Å²) >= 11 is 0. The predicted octanol–water partition coefficient (Wildman–Crippen LogP) is 4.67. The fraction of sp³-hybridized carbons (Fsp3) is 0.100. The fourth-order valence-electron chi connectivity index (χ4n) is 2.57. The number of halogens is 2. The second-order valence-corrected chi connectivity index (χ2v) is 7.76. The molecule has 0 heterocycles. The number of aryl methyl sites for hydroxylation is 1. The van der Waals surface area contributed by atoms with Gasteiger partial charge >= 0.3 is 0 Å². The van der Waals surface area contributed by atoms with Crippen LogP contribution in [-0.4, -0.2) is 8.42 Å². The maximum absolute atomic E-state index is 14.1. The molecule has 0 aromatic heterocycles. The third-order valence-electron chi connectivity index (χ3n) is 3.98. The summed E-state index contributed by atoms with van der Waals surface area (Å²) in [5.74, 6) is -1.09. The van der Waals surface area contributed by atoms with Crippen molar-refractivity contribution in [1.82, 2.24) is 0 Å². The Labute approximate surface area is 151 Å². The average Bonchev–Trinajstić information content (AvgIpc) is 2.61. The van der Waals surface area contributed by atoms with Gasteiger partial charge in [0.05, 0.1) is 17.1 Å². The van der Waals surface area contributed by atoms with Crippen LogP contribution in [0.1, 0.15) is 11.1 Å². The van der Waals surface area contributed by atoms with Gasteiger partial charge in [-0.15, -0.1) is 0 Å². The number of benzene rings is 3. The Balaban J connectivity index is 2.11. The third kappa shape index (κ3) is 3.75. The van der Waals surface area contributed by atoms with Gasteiger partial charge in [0.15, 0.2) is 0 Å². The Bertz CT molecular complexity index is 1020. The molecule has 0 unspecified atom stereocenters. The van der Waals surface area contributed by atoms with E-state index in [0.717, 1.165) is 15.9 Å². The third-order valence-corrected chi connectivity index (χ3v) is 5.77. The fourth-order valence-corrected chi connectivity index (χ4v) is 4.00. The summed E-state index contributed by atoms with van der Waals surface area (Å²) in [6.07, 6.45) is 0. The van der Waals surface area contributed by atoms with Gasteiger partial charge in [-0.3, -0.25) is 4.31 Å². The first kappa shape index (κ1) is 18.1. The van der Waals surface area contributed by atoms with E-state index in [1.165, 1.54) is 48.5 Å². The van der Waals surface area contributed by atoms with Gasteiger partial charge in [-0.05, 0) is 43.3 Å². The molecule has 3 aromatic carbocycles. The van der Waals surface area contributed by atoms with Gasteiger partial charge in [-0.25, -0.2) is 17.2 Å². The van der Waals surface area contributed by atoms with Crippen LogP contribution >= 0.6 is 0 Å². The van der Waals surface area contributed by atoms with Crippen molar-refractivity contribution in [3.8, 4) is 0 Å².